The van der Waals surface area contributed by atoms with Gasteiger partial charge in [0.1, 0.15) is 5.75 Å². The van der Waals surface area contributed by atoms with E-state index in [1.807, 2.05) is 37.3 Å². The van der Waals surface area contributed by atoms with Gasteiger partial charge in [0.15, 0.2) is 5.11 Å². The van der Waals surface area contributed by atoms with Crippen molar-refractivity contribution in [2.45, 2.75) is 13.5 Å². The number of nitrogens with one attached hydrogen (secondary N) is 2. The maximum absolute atomic E-state index is 11.7. The van der Waals surface area contributed by atoms with Crippen LogP contribution in [0, 0.1) is 6.92 Å². The van der Waals surface area contributed by atoms with Crippen molar-refractivity contribution in [3.8, 4) is 17.1 Å². The summed E-state index contributed by atoms with van der Waals surface area (Å²) < 4.78 is 15.2. The Morgan fingerprint density at radius 2 is 2.03 bits per heavy atom. The van der Waals surface area contributed by atoms with E-state index in [0.717, 1.165) is 11.1 Å². The molecular formula is C20H20N4O4S. The quantitative estimate of drug-likeness (QED) is 0.466. The van der Waals surface area contributed by atoms with E-state index in [0.29, 0.717) is 33.8 Å². The molecule has 29 heavy (non-hydrogen) atoms. The average molecular weight is 412 g/mol. The second-order valence-electron chi connectivity index (χ2n) is 6.07. The third-order valence-corrected chi connectivity index (χ3v) is 4.35. The van der Waals surface area contributed by atoms with Gasteiger partial charge in [-0.1, -0.05) is 23.4 Å². The van der Waals surface area contributed by atoms with Crippen LogP contribution in [0.3, 0.4) is 0 Å². The van der Waals surface area contributed by atoms with Crippen LogP contribution < -0.4 is 15.4 Å². The number of rotatable bonds is 6. The number of esters is 1. The summed E-state index contributed by atoms with van der Waals surface area (Å²) in [4.78, 5) is 16.1. The van der Waals surface area contributed by atoms with Crippen LogP contribution in [-0.2, 0) is 11.3 Å². The molecule has 2 aromatic carbocycles. The number of hydrogen-bond acceptors (Lipinski definition) is 7. The summed E-state index contributed by atoms with van der Waals surface area (Å²) in [5, 5.41) is 10.4. The topological polar surface area (TPSA) is 98.5 Å². The van der Waals surface area contributed by atoms with Crippen molar-refractivity contribution in [2.24, 2.45) is 0 Å². The van der Waals surface area contributed by atoms with Crippen LogP contribution in [-0.4, -0.2) is 35.4 Å². The largest absolute Gasteiger partial charge is 0.497 e. The minimum absolute atomic E-state index is 0.249. The molecule has 0 fully saturated rings. The van der Waals surface area contributed by atoms with E-state index in [1.54, 1.807) is 19.2 Å². The Morgan fingerprint density at radius 1 is 1.21 bits per heavy atom. The molecule has 0 saturated carbocycles. The van der Waals surface area contributed by atoms with Crippen LogP contribution in [0.5, 0.6) is 5.75 Å². The van der Waals surface area contributed by atoms with Crippen molar-refractivity contribution in [3.63, 3.8) is 0 Å². The lowest BCUT2D eigenvalue weighted by atomic mass is 10.1. The molecule has 3 rings (SSSR count). The highest BCUT2D eigenvalue weighted by atomic mass is 32.1. The number of aromatic nitrogens is 2. The molecule has 1 aromatic heterocycles. The number of carbonyl (C=O) groups is 1. The Balaban J connectivity index is 1.62. The zero-order valence-electron chi connectivity index (χ0n) is 16.2. The first-order valence-corrected chi connectivity index (χ1v) is 9.12. The molecule has 0 bridgehead atoms. The molecule has 2 N–H and O–H groups in total. The minimum atomic E-state index is -0.414. The van der Waals surface area contributed by atoms with Gasteiger partial charge in [-0.25, -0.2) is 4.79 Å². The summed E-state index contributed by atoms with van der Waals surface area (Å²) in [5.74, 6) is 1.14. The number of benzene rings is 2. The fourth-order valence-corrected chi connectivity index (χ4v) is 2.71. The van der Waals surface area contributed by atoms with Crippen molar-refractivity contribution in [1.82, 2.24) is 15.5 Å². The number of ether oxygens (including phenoxy) is 2. The Bertz CT molecular complexity index is 1030. The molecule has 8 nitrogen and oxygen atoms in total. The molecule has 9 heteroatoms. The van der Waals surface area contributed by atoms with E-state index < -0.39 is 5.97 Å². The molecule has 1 heterocycles. The first-order valence-electron chi connectivity index (χ1n) is 8.71. The van der Waals surface area contributed by atoms with Gasteiger partial charge in [-0.05, 0) is 49.0 Å². The third-order valence-electron chi connectivity index (χ3n) is 4.10. The summed E-state index contributed by atoms with van der Waals surface area (Å²) in [5.41, 5.74) is 2.85. The third kappa shape index (κ3) is 5.08. The zero-order chi connectivity index (χ0) is 20.8. The van der Waals surface area contributed by atoms with Gasteiger partial charge in [-0.2, -0.15) is 4.98 Å². The Labute approximate surface area is 173 Å². The van der Waals surface area contributed by atoms with Crippen molar-refractivity contribution >= 4 is 29.0 Å². The second kappa shape index (κ2) is 9.16. The summed E-state index contributed by atoms with van der Waals surface area (Å²) in [6.45, 7) is 2.16. The van der Waals surface area contributed by atoms with Gasteiger partial charge in [-0.3, -0.25) is 0 Å². The molecule has 0 atom stereocenters. The molecule has 0 aliphatic rings. The van der Waals surface area contributed by atoms with Crippen molar-refractivity contribution in [3.05, 3.63) is 59.5 Å². The zero-order valence-corrected chi connectivity index (χ0v) is 17.0. The molecule has 0 spiro atoms. The van der Waals surface area contributed by atoms with E-state index in [4.69, 9.17) is 26.2 Å². The number of anilines is 1. The fourth-order valence-electron chi connectivity index (χ4n) is 2.53. The van der Waals surface area contributed by atoms with Crippen LogP contribution in [0.25, 0.3) is 11.4 Å². The van der Waals surface area contributed by atoms with Gasteiger partial charge in [0.25, 0.3) is 0 Å². The summed E-state index contributed by atoms with van der Waals surface area (Å²) in [6, 6.07) is 12.6. The Hall–Kier alpha value is -3.46. The van der Waals surface area contributed by atoms with Crippen LogP contribution in [0.4, 0.5) is 5.69 Å². The second-order valence-corrected chi connectivity index (χ2v) is 6.48. The smallest absolute Gasteiger partial charge is 0.337 e. The van der Waals surface area contributed by atoms with Crippen LogP contribution in [0.2, 0.25) is 0 Å². The standard InChI is InChI=1S/C20H20N4O4S/c1-12-7-8-14(19(25)27-3)10-16(12)22-20(29)21-11-17-23-18(24-28-17)13-5-4-6-15(9-13)26-2/h4-10H,11H2,1-3H3,(H2,21,22,29). The SMILES string of the molecule is COC(=O)c1ccc(C)c(NC(=S)NCc2nc(-c3cccc(OC)c3)no2)c1. The van der Waals surface area contributed by atoms with Crippen LogP contribution in [0.15, 0.2) is 47.0 Å². The summed E-state index contributed by atoms with van der Waals surface area (Å²) in [7, 11) is 2.94. The van der Waals surface area contributed by atoms with E-state index in [2.05, 4.69) is 20.8 Å². The predicted octanol–water partition coefficient (Wildman–Crippen LogP) is 3.33. The molecule has 0 aliphatic heterocycles. The van der Waals surface area contributed by atoms with E-state index >= 15 is 0 Å². The van der Waals surface area contributed by atoms with E-state index in [1.165, 1.54) is 7.11 Å². The molecular weight excluding hydrogens is 392 g/mol. The van der Waals surface area contributed by atoms with Gasteiger partial charge >= 0.3 is 5.97 Å². The van der Waals surface area contributed by atoms with Gasteiger partial charge < -0.3 is 24.6 Å². The lowest BCUT2D eigenvalue weighted by Gasteiger charge is -2.12. The molecule has 0 amide bonds. The van der Waals surface area contributed by atoms with Gasteiger partial charge in [0, 0.05) is 11.3 Å². The number of hydrogen-bond donors (Lipinski definition) is 2. The van der Waals surface area contributed by atoms with Crippen molar-refractivity contribution < 1.29 is 18.8 Å². The summed E-state index contributed by atoms with van der Waals surface area (Å²) in [6.07, 6.45) is 0. The van der Waals surface area contributed by atoms with Crippen molar-refractivity contribution in [1.29, 1.82) is 0 Å². The lowest BCUT2D eigenvalue weighted by molar-refractivity contribution is 0.0601. The number of carbonyl (C=O) groups excluding carboxylic acids is 1. The average Bonchev–Trinajstić information content (AvgIpc) is 3.22. The number of thiocarbonyl (C=S) groups is 1. The predicted molar refractivity (Wildman–Crippen MR) is 112 cm³/mol. The highest BCUT2D eigenvalue weighted by Crippen LogP contribution is 2.21. The van der Waals surface area contributed by atoms with Crippen LogP contribution in [0.1, 0.15) is 21.8 Å². The summed E-state index contributed by atoms with van der Waals surface area (Å²) >= 11 is 5.32. The van der Waals surface area contributed by atoms with Crippen LogP contribution >= 0.6 is 12.2 Å². The van der Waals surface area contributed by atoms with E-state index in [-0.39, 0.29) is 6.54 Å². The molecule has 0 unspecified atom stereocenters. The minimum Gasteiger partial charge on any atom is -0.497 e. The number of methoxy groups -OCH3 is 2. The monoisotopic (exact) mass is 412 g/mol. The van der Waals surface area contributed by atoms with E-state index in [9.17, 15) is 4.79 Å². The maximum atomic E-state index is 11.7. The maximum Gasteiger partial charge on any atom is 0.337 e. The Kier molecular flexibility index (Phi) is 6.40. The van der Waals surface area contributed by atoms with Gasteiger partial charge in [0.2, 0.25) is 11.7 Å². The highest BCUT2D eigenvalue weighted by molar-refractivity contribution is 7.80. The molecule has 0 radical (unpaired) electrons. The highest BCUT2D eigenvalue weighted by Gasteiger charge is 2.11. The Morgan fingerprint density at radius 3 is 2.79 bits per heavy atom. The fraction of sp³-hybridized carbons (Fsp3) is 0.200. The van der Waals surface area contributed by atoms with Crippen molar-refractivity contribution in [2.75, 3.05) is 19.5 Å². The first-order chi connectivity index (χ1) is 14.0. The van der Waals surface area contributed by atoms with Gasteiger partial charge in [0.05, 0.1) is 26.3 Å². The lowest BCUT2D eigenvalue weighted by Crippen LogP contribution is -2.28. The van der Waals surface area contributed by atoms with Gasteiger partial charge in [-0.15, -0.1) is 0 Å². The normalized spacial score (nSPS) is 10.3. The molecule has 150 valence electrons. The number of aryl methyl sites for hydroxylation is 1. The molecule has 0 aliphatic carbocycles. The number of nitrogens with zero attached hydrogens (tertiary/aromatic N) is 2. The molecule has 0 saturated heterocycles. The first kappa shape index (κ1) is 20.3. The molecule has 3 aromatic rings.